The number of fused-ring (bicyclic) bond motifs is 2. The van der Waals surface area contributed by atoms with E-state index in [-0.39, 0.29) is 0 Å². The molecule has 0 N–H and O–H groups in total. The monoisotopic (exact) mass is 237 g/mol. The van der Waals surface area contributed by atoms with Gasteiger partial charge in [0, 0.05) is 19.2 Å². The number of hydrogen-bond donors (Lipinski definition) is 0. The minimum atomic E-state index is 0.556. The Hall–Kier alpha value is -0.600. The van der Waals surface area contributed by atoms with Crippen LogP contribution in [0.2, 0.25) is 0 Å². The fraction of sp³-hybridized carbons (Fsp3) is 0.733. The molecule has 98 valence electrons. The number of hydrogen-bond acceptors (Lipinski definition) is 2. The molecule has 1 saturated carbocycles. The van der Waals surface area contributed by atoms with Crippen LogP contribution in [0.25, 0.3) is 0 Å². The molecule has 4 aliphatic rings. The molecular formula is C15H27NO. The molecule has 2 nitrogen and oxygen atoms in total. The number of piperidine rings is 1. The van der Waals surface area contributed by atoms with Gasteiger partial charge in [0.05, 0.1) is 6.10 Å². The maximum absolute atomic E-state index is 5.31. The number of rotatable bonds is 1. The van der Waals surface area contributed by atoms with Crippen LogP contribution in [0.4, 0.5) is 0 Å². The largest absolute Gasteiger partial charge is 0.381 e. The lowest BCUT2D eigenvalue weighted by Gasteiger charge is -2.53. The summed E-state index contributed by atoms with van der Waals surface area (Å²) < 4.78 is 5.31. The summed E-state index contributed by atoms with van der Waals surface area (Å²) >= 11 is 0. The average molecular weight is 237 g/mol. The maximum Gasteiger partial charge on any atom is 0.0601 e. The van der Waals surface area contributed by atoms with Gasteiger partial charge in [0.1, 0.15) is 0 Å². The van der Waals surface area contributed by atoms with Crippen molar-refractivity contribution in [1.29, 1.82) is 0 Å². The van der Waals surface area contributed by atoms with E-state index in [1.54, 1.807) is 0 Å². The van der Waals surface area contributed by atoms with Crippen LogP contribution in [0.1, 0.15) is 39.5 Å². The van der Waals surface area contributed by atoms with Crippen LogP contribution < -0.4 is 0 Å². The molecule has 0 aromatic heterocycles. The van der Waals surface area contributed by atoms with Crippen LogP contribution in [-0.4, -0.2) is 37.2 Å². The molecule has 0 aromatic carbocycles. The molecule has 0 spiro atoms. The van der Waals surface area contributed by atoms with Crippen molar-refractivity contribution in [3.8, 4) is 0 Å². The molecule has 2 aliphatic heterocycles. The van der Waals surface area contributed by atoms with Gasteiger partial charge >= 0.3 is 0 Å². The second kappa shape index (κ2) is 7.67. The van der Waals surface area contributed by atoms with E-state index in [0.29, 0.717) is 6.10 Å². The molecule has 2 saturated heterocycles. The summed E-state index contributed by atoms with van der Waals surface area (Å²) in [6, 6.07) is 1.67. The van der Waals surface area contributed by atoms with Gasteiger partial charge in [0.25, 0.3) is 0 Å². The highest BCUT2D eigenvalue weighted by molar-refractivity contribution is 5.12. The number of ether oxygens (including phenoxy) is 1. The lowest BCUT2D eigenvalue weighted by atomic mass is 9.79. The molecule has 2 bridgehead atoms. The van der Waals surface area contributed by atoms with Gasteiger partial charge in [-0.05, 0) is 32.7 Å². The van der Waals surface area contributed by atoms with Gasteiger partial charge in [-0.2, -0.15) is 0 Å². The van der Waals surface area contributed by atoms with E-state index in [2.05, 4.69) is 36.3 Å². The highest BCUT2D eigenvalue weighted by Crippen LogP contribution is 2.37. The Labute approximate surface area is 106 Å². The highest BCUT2D eigenvalue weighted by Gasteiger charge is 2.42. The van der Waals surface area contributed by atoms with Crippen LogP contribution >= 0.6 is 0 Å². The molecule has 0 aromatic rings. The Morgan fingerprint density at radius 2 is 1.53 bits per heavy atom. The topological polar surface area (TPSA) is 12.5 Å². The maximum atomic E-state index is 5.31. The van der Waals surface area contributed by atoms with E-state index in [1.807, 2.05) is 21.0 Å². The summed E-state index contributed by atoms with van der Waals surface area (Å²) in [5.41, 5.74) is 0. The third kappa shape index (κ3) is 3.97. The quantitative estimate of drug-likeness (QED) is 0.693. The van der Waals surface area contributed by atoms with Crippen molar-refractivity contribution in [2.75, 3.05) is 14.2 Å². The smallest absolute Gasteiger partial charge is 0.0601 e. The van der Waals surface area contributed by atoms with E-state index >= 15 is 0 Å². The van der Waals surface area contributed by atoms with Crippen molar-refractivity contribution in [3.63, 3.8) is 0 Å². The molecule has 3 fully saturated rings. The van der Waals surface area contributed by atoms with Crippen molar-refractivity contribution in [2.45, 2.75) is 57.7 Å². The fourth-order valence-corrected chi connectivity index (χ4v) is 2.62. The number of allylic oxidation sites excluding steroid dienone is 4. The lowest BCUT2D eigenvalue weighted by Crippen LogP contribution is -2.60. The van der Waals surface area contributed by atoms with E-state index in [1.165, 1.54) is 19.3 Å². The predicted octanol–water partition coefficient (Wildman–Crippen LogP) is 3.40. The summed E-state index contributed by atoms with van der Waals surface area (Å²) in [7, 11) is 4.06. The summed E-state index contributed by atoms with van der Waals surface area (Å²) in [6.45, 7) is 4.00. The van der Waals surface area contributed by atoms with Gasteiger partial charge in [-0.25, -0.2) is 0 Å². The normalized spacial score (nSPS) is 33.1. The third-order valence-electron chi connectivity index (χ3n) is 3.75. The third-order valence-corrected chi connectivity index (χ3v) is 3.75. The van der Waals surface area contributed by atoms with E-state index in [9.17, 15) is 0 Å². The number of methoxy groups -OCH3 is 1. The van der Waals surface area contributed by atoms with Crippen LogP contribution in [0.5, 0.6) is 0 Å². The minimum absolute atomic E-state index is 0.556. The van der Waals surface area contributed by atoms with Gasteiger partial charge < -0.3 is 9.64 Å². The summed E-state index contributed by atoms with van der Waals surface area (Å²) in [4.78, 5) is 2.48. The molecule has 2 heteroatoms. The molecule has 0 amide bonds. The molecule has 2 atom stereocenters. The zero-order chi connectivity index (χ0) is 12.7. The first-order chi connectivity index (χ1) is 8.31. The molecule has 2 heterocycles. The van der Waals surface area contributed by atoms with Gasteiger partial charge in [-0.3, -0.25) is 0 Å². The van der Waals surface area contributed by atoms with Crippen molar-refractivity contribution in [3.05, 3.63) is 24.3 Å². The van der Waals surface area contributed by atoms with E-state index in [4.69, 9.17) is 4.74 Å². The van der Waals surface area contributed by atoms with Crippen molar-refractivity contribution < 1.29 is 4.74 Å². The number of nitrogens with zero attached hydrogens (tertiary/aromatic N) is 1. The van der Waals surface area contributed by atoms with Crippen LogP contribution in [0, 0.1) is 0 Å². The highest BCUT2D eigenvalue weighted by atomic mass is 16.5. The Bertz CT molecular complexity index is 238. The Morgan fingerprint density at radius 3 is 1.82 bits per heavy atom. The first-order valence-corrected chi connectivity index (χ1v) is 6.87. The van der Waals surface area contributed by atoms with Crippen LogP contribution in [-0.2, 0) is 4.74 Å². The zero-order valence-corrected chi connectivity index (χ0v) is 11.7. The fourth-order valence-electron chi connectivity index (χ4n) is 2.62. The minimum Gasteiger partial charge on any atom is -0.381 e. The van der Waals surface area contributed by atoms with Crippen LogP contribution in [0.15, 0.2) is 24.3 Å². The second-order valence-electron chi connectivity index (χ2n) is 4.63. The van der Waals surface area contributed by atoms with Gasteiger partial charge in [0.2, 0.25) is 0 Å². The molecule has 2 aliphatic carbocycles. The summed E-state index contributed by atoms with van der Waals surface area (Å²) in [5, 5.41) is 0. The summed E-state index contributed by atoms with van der Waals surface area (Å²) in [5.74, 6) is 0. The van der Waals surface area contributed by atoms with E-state index < -0.39 is 0 Å². The first kappa shape index (κ1) is 14.5. The average Bonchev–Trinajstić information content (AvgIpc) is 2.99. The molecule has 2 unspecified atom stereocenters. The SMILES string of the molecule is C1=CCC=C1.CC.COC1CC2CC(C1)N2C. The van der Waals surface area contributed by atoms with Crippen molar-refractivity contribution >= 4 is 0 Å². The van der Waals surface area contributed by atoms with Gasteiger partial charge in [-0.1, -0.05) is 38.2 Å². The van der Waals surface area contributed by atoms with Gasteiger partial charge in [-0.15, -0.1) is 0 Å². The van der Waals surface area contributed by atoms with E-state index in [0.717, 1.165) is 18.5 Å². The predicted molar refractivity (Wildman–Crippen MR) is 74.2 cm³/mol. The molecule has 0 radical (unpaired) electrons. The molecule has 4 rings (SSSR count). The Kier molecular flexibility index (Phi) is 6.53. The van der Waals surface area contributed by atoms with Gasteiger partial charge in [0.15, 0.2) is 0 Å². The first-order valence-electron chi connectivity index (χ1n) is 6.87. The second-order valence-corrected chi connectivity index (χ2v) is 4.63. The lowest BCUT2D eigenvalue weighted by molar-refractivity contribution is -0.0786. The van der Waals surface area contributed by atoms with Crippen molar-refractivity contribution in [1.82, 2.24) is 4.90 Å². The van der Waals surface area contributed by atoms with Crippen molar-refractivity contribution in [2.24, 2.45) is 0 Å². The summed E-state index contributed by atoms with van der Waals surface area (Å²) in [6.07, 6.45) is 14.0. The Morgan fingerprint density at radius 1 is 1.00 bits per heavy atom. The molecular weight excluding hydrogens is 210 g/mol. The zero-order valence-electron chi connectivity index (χ0n) is 11.7. The standard InChI is InChI=1S/C8H15NO.C5H6.C2H6/c1-9-6-3-7(9)5-8(4-6)10-2;1-2-4-5-3-1;1-2/h6-8H,3-5H2,1-2H3;1-4H,5H2;1-2H3. The Balaban J connectivity index is 0.000000175. The van der Waals surface area contributed by atoms with Crippen LogP contribution in [0.3, 0.4) is 0 Å². The molecule has 17 heavy (non-hydrogen) atoms.